The van der Waals surface area contributed by atoms with Gasteiger partial charge in [-0.05, 0) is 24.7 Å². The van der Waals surface area contributed by atoms with Gasteiger partial charge in [-0.25, -0.2) is 4.79 Å². The van der Waals surface area contributed by atoms with Crippen molar-refractivity contribution >= 4 is 5.97 Å². The highest BCUT2D eigenvalue weighted by Crippen LogP contribution is 2.31. The summed E-state index contributed by atoms with van der Waals surface area (Å²) < 4.78 is 0. The molecule has 78 valence electrons. The number of carbonyl (C=O) groups is 1. The average molecular weight is 188 g/mol. The third kappa shape index (κ3) is 2.21. The van der Waals surface area contributed by atoms with Crippen LogP contribution in [-0.2, 0) is 4.79 Å². The van der Waals surface area contributed by atoms with Crippen LogP contribution in [0, 0.1) is 11.8 Å². The van der Waals surface area contributed by atoms with Crippen LogP contribution in [0.4, 0.5) is 0 Å². The fourth-order valence-electron chi connectivity index (χ4n) is 1.80. The fourth-order valence-corrected chi connectivity index (χ4v) is 1.80. The molecular weight excluding hydrogens is 168 g/mol. The molecule has 0 saturated carbocycles. The Kier molecular flexibility index (Phi) is 4.40. The number of carboxylic acids is 1. The molecule has 1 atom stereocenters. The van der Waals surface area contributed by atoms with E-state index in [0.717, 1.165) is 0 Å². The Morgan fingerprint density at radius 2 is 1.69 bits per heavy atom. The Balaban J connectivity index is 4.86. The van der Waals surface area contributed by atoms with E-state index in [1.165, 1.54) is 0 Å². The van der Waals surface area contributed by atoms with Crippen molar-refractivity contribution < 1.29 is 15.0 Å². The minimum atomic E-state index is -1.57. The Bertz CT molecular complexity index is 173. The van der Waals surface area contributed by atoms with Crippen LogP contribution in [0.15, 0.2) is 0 Å². The molecular formula is C10H20O3. The van der Waals surface area contributed by atoms with Crippen molar-refractivity contribution in [2.24, 2.45) is 11.8 Å². The van der Waals surface area contributed by atoms with Crippen LogP contribution >= 0.6 is 0 Å². The molecule has 0 fully saturated rings. The standard InChI is InChI=1S/C10H20O3/c1-5-8(6-2)10(13,7(3)4)9(11)12/h7-8,13H,5-6H2,1-4H3,(H,11,12). The lowest BCUT2D eigenvalue weighted by atomic mass is 9.76. The van der Waals surface area contributed by atoms with E-state index in [2.05, 4.69) is 0 Å². The van der Waals surface area contributed by atoms with Gasteiger partial charge in [-0.3, -0.25) is 0 Å². The Morgan fingerprint density at radius 3 is 1.77 bits per heavy atom. The van der Waals surface area contributed by atoms with E-state index in [4.69, 9.17) is 5.11 Å². The third-order valence-corrected chi connectivity index (χ3v) is 2.83. The van der Waals surface area contributed by atoms with E-state index >= 15 is 0 Å². The van der Waals surface area contributed by atoms with Crippen LogP contribution in [0.2, 0.25) is 0 Å². The van der Waals surface area contributed by atoms with Crippen molar-refractivity contribution in [1.29, 1.82) is 0 Å². The minimum Gasteiger partial charge on any atom is -0.479 e. The molecule has 0 saturated heterocycles. The molecule has 0 aliphatic rings. The van der Waals surface area contributed by atoms with Gasteiger partial charge in [0.25, 0.3) is 0 Å². The second-order valence-corrected chi connectivity index (χ2v) is 3.80. The molecule has 0 amide bonds. The summed E-state index contributed by atoms with van der Waals surface area (Å²) >= 11 is 0. The van der Waals surface area contributed by atoms with Gasteiger partial charge < -0.3 is 10.2 Å². The molecule has 13 heavy (non-hydrogen) atoms. The molecule has 2 N–H and O–H groups in total. The summed E-state index contributed by atoms with van der Waals surface area (Å²) in [4.78, 5) is 11.0. The maximum atomic E-state index is 11.0. The van der Waals surface area contributed by atoms with Crippen LogP contribution < -0.4 is 0 Å². The molecule has 0 radical (unpaired) electrons. The van der Waals surface area contributed by atoms with Crippen molar-refractivity contribution in [2.75, 3.05) is 0 Å². The fraction of sp³-hybridized carbons (Fsp3) is 0.900. The van der Waals surface area contributed by atoms with E-state index in [1.807, 2.05) is 13.8 Å². The van der Waals surface area contributed by atoms with Gasteiger partial charge in [0, 0.05) is 0 Å². The molecule has 0 spiro atoms. The largest absolute Gasteiger partial charge is 0.479 e. The first-order chi connectivity index (χ1) is 5.91. The highest BCUT2D eigenvalue weighted by molar-refractivity contribution is 5.77. The first-order valence-corrected chi connectivity index (χ1v) is 4.86. The first-order valence-electron chi connectivity index (χ1n) is 4.86. The summed E-state index contributed by atoms with van der Waals surface area (Å²) in [5, 5.41) is 19.0. The topological polar surface area (TPSA) is 57.5 Å². The molecule has 0 aliphatic heterocycles. The van der Waals surface area contributed by atoms with E-state index < -0.39 is 11.6 Å². The van der Waals surface area contributed by atoms with Gasteiger partial charge in [-0.2, -0.15) is 0 Å². The number of carboxylic acid groups (broad SMARTS) is 1. The summed E-state index contributed by atoms with van der Waals surface area (Å²) in [6.07, 6.45) is 1.38. The average Bonchev–Trinajstić information content (AvgIpc) is 2.05. The zero-order valence-corrected chi connectivity index (χ0v) is 8.87. The van der Waals surface area contributed by atoms with E-state index in [1.54, 1.807) is 13.8 Å². The molecule has 0 aromatic rings. The smallest absolute Gasteiger partial charge is 0.336 e. The highest BCUT2D eigenvalue weighted by Gasteiger charge is 2.44. The Hall–Kier alpha value is -0.570. The summed E-state index contributed by atoms with van der Waals surface area (Å²) in [6.45, 7) is 7.30. The van der Waals surface area contributed by atoms with Gasteiger partial charge in [0.2, 0.25) is 0 Å². The van der Waals surface area contributed by atoms with Gasteiger partial charge in [0.05, 0.1) is 0 Å². The minimum absolute atomic E-state index is 0.162. The zero-order valence-electron chi connectivity index (χ0n) is 8.87. The van der Waals surface area contributed by atoms with Gasteiger partial charge in [-0.1, -0.05) is 27.7 Å². The third-order valence-electron chi connectivity index (χ3n) is 2.83. The quantitative estimate of drug-likeness (QED) is 0.692. The van der Waals surface area contributed by atoms with Gasteiger partial charge >= 0.3 is 5.97 Å². The highest BCUT2D eigenvalue weighted by atomic mass is 16.4. The second-order valence-electron chi connectivity index (χ2n) is 3.80. The van der Waals surface area contributed by atoms with Crippen LogP contribution in [0.25, 0.3) is 0 Å². The SMILES string of the molecule is CCC(CC)C(O)(C(=O)O)C(C)C. The molecule has 0 aromatic heterocycles. The summed E-state index contributed by atoms with van der Waals surface area (Å²) in [5.74, 6) is -1.52. The Labute approximate surface area is 79.8 Å². The van der Waals surface area contributed by atoms with E-state index in [-0.39, 0.29) is 11.8 Å². The van der Waals surface area contributed by atoms with Crippen LogP contribution in [0.5, 0.6) is 0 Å². The maximum absolute atomic E-state index is 11.0. The zero-order chi connectivity index (χ0) is 10.6. The number of hydrogen-bond acceptors (Lipinski definition) is 2. The number of aliphatic carboxylic acids is 1. The van der Waals surface area contributed by atoms with Crippen molar-refractivity contribution in [2.45, 2.75) is 46.1 Å². The van der Waals surface area contributed by atoms with Crippen molar-refractivity contribution in [1.82, 2.24) is 0 Å². The predicted octanol–water partition coefficient (Wildman–Crippen LogP) is 1.89. The van der Waals surface area contributed by atoms with Gasteiger partial charge in [0.15, 0.2) is 5.60 Å². The summed E-state index contributed by atoms with van der Waals surface area (Å²) in [6, 6.07) is 0. The van der Waals surface area contributed by atoms with Crippen molar-refractivity contribution in [3.05, 3.63) is 0 Å². The molecule has 3 heteroatoms. The van der Waals surface area contributed by atoms with E-state index in [0.29, 0.717) is 12.8 Å². The van der Waals surface area contributed by atoms with Crippen LogP contribution in [-0.4, -0.2) is 21.8 Å². The van der Waals surface area contributed by atoms with E-state index in [9.17, 15) is 9.90 Å². The molecule has 0 aliphatic carbocycles. The molecule has 0 aromatic carbocycles. The van der Waals surface area contributed by atoms with Crippen LogP contribution in [0.1, 0.15) is 40.5 Å². The molecule has 0 heterocycles. The normalized spacial score (nSPS) is 16.2. The maximum Gasteiger partial charge on any atom is 0.336 e. The van der Waals surface area contributed by atoms with Gasteiger partial charge in [0.1, 0.15) is 0 Å². The van der Waals surface area contributed by atoms with Crippen molar-refractivity contribution in [3.63, 3.8) is 0 Å². The lowest BCUT2D eigenvalue weighted by Crippen LogP contribution is -2.50. The predicted molar refractivity (Wildman–Crippen MR) is 51.5 cm³/mol. The molecule has 3 nitrogen and oxygen atoms in total. The molecule has 0 bridgehead atoms. The summed E-state index contributed by atoms with van der Waals surface area (Å²) in [5.41, 5.74) is -1.57. The number of hydrogen-bond donors (Lipinski definition) is 2. The lowest BCUT2D eigenvalue weighted by molar-refractivity contribution is -0.172. The number of rotatable bonds is 5. The van der Waals surface area contributed by atoms with Crippen LogP contribution in [0.3, 0.4) is 0 Å². The monoisotopic (exact) mass is 188 g/mol. The van der Waals surface area contributed by atoms with Crippen molar-refractivity contribution in [3.8, 4) is 0 Å². The first kappa shape index (κ1) is 12.4. The second kappa shape index (κ2) is 4.61. The Morgan fingerprint density at radius 1 is 1.31 bits per heavy atom. The summed E-state index contributed by atoms with van der Waals surface area (Å²) in [7, 11) is 0. The number of aliphatic hydroxyl groups is 1. The molecule has 0 rings (SSSR count). The molecule has 1 unspecified atom stereocenters. The van der Waals surface area contributed by atoms with Gasteiger partial charge in [-0.15, -0.1) is 0 Å². The lowest BCUT2D eigenvalue weighted by Gasteiger charge is -2.34.